The lowest BCUT2D eigenvalue weighted by atomic mass is 10.3. The molecule has 4 heteroatoms. The first-order valence-electron chi connectivity index (χ1n) is 5.75. The van der Waals surface area contributed by atoms with Crippen LogP contribution in [0.4, 0.5) is 0 Å². The molecule has 0 aliphatic heterocycles. The van der Waals surface area contributed by atoms with Crippen LogP contribution in [-0.2, 0) is 6.54 Å². The van der Waals surface area contributed by atoms with Crippen LogP contribution in [0.25, 0.3) is 0 Å². The molecule has 0 bridgehead atoms. The second-order valence-electron chi connectivity index (χ2n) is 3.75. The maximum absolute atomic E-state index is 5.72. The summed E-state index contributed by atoms with van der Waals surface area (Å²) in [4.78, 5) is 4.39. The summed E-state index contributed by atoms with van der Waals surface area (Å²) in [6.07, 6.45) is 0. The summed E-state index contributed by atoms with van der Waals surface area (Å²) in [5.74, 6) is 1.92. The quantitative estimate of drug-likeness (QED) is 0.878. The highest BCUT2D eigenvalue weighted by Gasteiger charge is 2.05. The fourth-order valence-electron chi connectivity index (χ4n) is 1.61. The Morgan fingerprint density at radius 3 is 2.56 bits per heavy atom. The number of ether oxygens (including phenoxy) is 2. The molecule has 0 saturated heterocycles. The molecule has 2 rings (SSSR count). The van der Waals surface area contributed by atoms with Crippen molar-refractivity contribution in [1.29, 1.82) is 0 Å². The molecule has 0 aliphatic rings. The number of methoxy groups -OCH3 is 1. The van der Waals surface area contributed by atoms with Gasteiger partial charge in [-0.05, 0) is 25.2 Å². The van der Waals surface area contributed by atoms with Crippen molar-refractivity contribution in [1.82, 2.24) is 10.3 Å². The van der Waals surface area contributed by atoms with Gasteiger partial charge in [-0.3, -0.25) is 0 Å². The molecule has 0 atom stereocenters. The molecule has 94 valence electrons. The molecule has 4 nitrogen and oxygen atoms in total. The van der Waals surface area contributed by atoms with Gasteiger partial charge in [-0.15, -0.1) is 0 Å². The maximum atomic E-state index is 5.72. The van der Waals surface area contributed by atoms with Crippen LogP contribution in [0.5, 0.6) is 17.4 Å². The van der Waals surface area contributed by atoms with Crippen LogP contribution >= 0.6 is 0 Å². The molecule has 0 saturated carbocycles. The Morgan fingerprint density at radius 2 is 1.83 bits per heavy atom. The van der Waals surface area contributed by atoms with Gasteiger partial charge < -0.3 is 14.8 Å². The number of aromatic nitrogens is 1. The lowest BCUT2D eigenvalue weighted by molar-refractivity contribution is 0.373. The summed E-state index contributed by atoms with van der Waals surface area (Å²) in [5, 5.41) is 3.05. The summed E-state index contributed by atoms with van der Waals surface area (Å²) in [6, 6.07) is 13.2. The van der Waals surface area contributed by atoms with E-state index in [0.29, 0.717) is 23.9 Å². The third-order valence-electron chi connectivity index (χ3n) is 2.42. The SMILES string of the molecule is CNCc1cccc(Oc2ccccc2OC)n1. The van der Waals surface area contributed by atoms with Crippen molar-refractivity contribution < 1.29 is 9.47 Å². The number of rotatable bonds is 5. The van der Waals surface area contributed by atoms with Gasteiger partial charge in [0.05, 0.1) is 12.8 Å². The van der Waals surface area contributed by atoms with Gasteiger partial charge in [0, 0.05) is 12.6 Å². The highest BCUT2D eigenvalue weighted by molar-refractivity contribution is 5.41. The monoisotopic (exact) mass is 244 g/mol. The Bertz CT molecular complexity index is 515. The minimum absolute atomic E-state index is 0.562. The highest BCUT2D eigenvalue weighted by atomic mass is 16.5. The van der Waals surface area contributed by atoms with Crippen molar-refractivity contribution in [3.8, 4) is 17.4 Å². The van der Waals surface area contributed by atoms with Crippen molar-refractivity contribution in [3.63, 3.8) is 0 Å². The van der Waals surface area contributed by atoms with E-state index in [-0.39, 0.29) is 0 Å². The Morgan fingerprint density at radius 1 is 1.06 bits per heavy atom. The predicted molar refractivity (Wildman–Crippen MR) is 70.1 cm³/mol. The highest BCUT2D eigenvalue weighted by Crippen LogP contribution is 2.29. The average Bonchev–Trinajstić information content (AvgIpc) is 2.40. The second-order valence-corrected chi connectivity index (χ2v) is 3.75. The van der Waals surface area contributed by atoms with Crippen LogP contribution in [0.3, 0.4) is 0 Å². The number of hydrogen-bond donors (Lipinski definition) is 1. The first kappa shape index (κ1) is 12.4. The summed E-state index contributed by atoms with van der Waals surface area (Å²) in [7, 11) is 3.50. The molecule has 1 heterocycles. The zero-order valence-electron chi connectivity index (χ0n) is 10.5. The summed E-state index contributed by atoms with van der Waals surface area (Å²) in [6.45, 7) is 0.711. The molecule has 0 unspecified atom stereocenters. The molecule has 18 heavy (non-hydrogen) atoms. The van der Waals surface area contributed by atoms with E-state index in [9.17, 15) is 0 Å². The van der Waals surface area contributed by atoms with E-state index < -0.39 is 0 Å². The van der Waals surface area contributed by atoms with E-state index in [4.69, 9.17) is 9.47 Å². The standard InChI is InChI=1S/C14H16N2O2/c1-15-10-11-6-5-9-14(16-11)18-13-8-4-3-7-12(13)17-2/h3-9,15H,10H2,1-2H3. The lowest BCUT2D eigenvalue weighted by Crippen LogP contribution is -2.07. The van der Waals surface area contributed by atoms with Crippen LogP contribution in [0.2, 0.25) is 0 Å². The Hall–Kier alpha value is -2.07. The summed E-state index contributed by atoms with van der Waals surface area (Å²) in [5.41, 5.74) is 0.935. The van der Waals surface area contributed by atoms with Crippen molar-refractivity contribution in [2.24, 2.45) is 0 Å². The number of hydrogen-bond acceptors (Lipinski definition) is 4. The van der Waals surface area contributed by atoms with E-state index >= 15 is 0 Å². The summed E-state index contributed by atoms with van der Waals surface area (Å²) >= 11 is 0. The largest absolute Gasteiger partial charge is 0.493 e. The molecule has 2 aromatic rings. The minimum Gasteiger partial charge on any atom is -0.493 e. The molecule has 0 fully saturated rings. The summed E-state index contributed by atoms with van der Waals surface area (Å²) < 4.78 is 11.0. The number of nitrogens with one attached hydrogen (secondary N) is 1. The third-order valence-corrected chi connectivity index (χ3v) is 2.42. The number of benzene rings is 1. The zero-order valence-corrected chi connectivity index (χ0v) is 10.5. The van der Waals surface area contributed by atoms with Crippen LogP contribution in [0.1, 0.15) is 5.69 Å². The third kappa shape index (κ3) is 2.99. The van der Waals surface area contributed by atoms with Crippen LogP contribution < -0.4 is 14.8 Å². The second kappa shape index (κ2) is 6.02. The molecule has 0 amide bonds. The first-order valence-corrected chi connectivity index (χ1v) is 5.75. The molecule has 0 aliphatic carbocycles. The Balaban J connectivity index is 2.20. The number of para-hydroxylation sites is 2. The topological polar surface area (TPSA) is 43.4 Å². The van der Waals surface area contributed by atoms with Crippen molar-refractivity contribution in [2.75, 3.05) is 14.2 Å². The van der Waals surface area contributed by atoms with E-state index in [1.807, 2.05) is 49.5 Å². The molecule has 0 radical (unpaired) electrons. The normalized spacial score (nSPS) is 10.1. The fraction of sp³-hybridized carbons (Fsp3) is 0.214. The zero-order chi connectivity index (χ0) is 12.8. The number of pyridine rings is 1. The van der Waals surface area contributed by atoms with Gasteiger partial charge in [-0.25, -0.2) is 4.98 Å². The molecule has 0 spiro atoms. The molecule has 1 N–H and O–H groups in total. The van der Waals surface area contributed by atoms with Crippen LogP contribution in [-0.4, -0.2) is 19.1 Å². The average molecular weight is 244 g/mol. The van der Waals surface area contributed by atoms with E-state index in [1.165, 1.54) is 0 Å². The van der Waals surface area contributed by atoms with Gasteiger partial charge in [0.25, 0.3) is 0 Å². The maximum Gasteiger partial charge on any atom is 0.219 e. The molecular formula is C14H16N2O2. The van der Waals surface area contributed by atoms with Gasteiger partial charge in [-0.2, -0.15) is 0 Å². The molecule has 1 aromatic heterocycles. The van der Waals surface area contributed by atoms with Gasteiger partial charge in [0.15, 0.2) is 11.5 Å². The Labute approximate surface area is 107 Å². The van der Waals surface area contributed by atoms with Gasteiger partial charge in [-0.1, -0.05) is 18.2 Å². The van der Waals surface area contributed by atoms with E-state index in [2.05, 4.69) is 10.3 Å². The van der Waals surface area contributed by atoms with Crippen molar-refractivity contribution >= 4 is 0 Å². The van der Waals surface area contributed by atoms with Crippen LogP contribution in [0.15, 0.2) is 42.5 Å². The van der Waals surface area contributed by atoms with Crippen molar-refractivity contribution in [3.05, 3.63) is 48.2 Å². The fourth-order valence-corrected chi connectivity index (χ4v) is 1.61. The number of nitrogens with zero attached hydrogens (tertiary/aromatic N) is 1. The van der Waals surface area contributed by atoms with Crippen molar-refractivity contribution in [2.45, 2.75) is 6.54 Å². The predicted octanol–water partition coefficient (Wildman–Crippen LogP) is 2.60. The van der Waals surface area contributed by atoms with E-state index in [0.717, 1.165) is 5.69 Å². The smallest absolute Gasteiger partial charge is 0.219 e. The molecular weight excluding hydrogens is 228 g/mol. The van der Waals surface area contributed by atoms with Gasteiger partial charge in [0.1, 0.15) is 0 Å². The van der Waals surface area contributed by atoms with Gasteiger partial charge >= 0.3 is 0 Å². The first-order chi connectivity index (χ1) is 8.83. The Kier molecular flexibility index (Phi) is 4.15. The van der Waals surface area contributed by atoms with Gasteiger partial charge in [0.2, 0.25) is 5.88 Å². The molecule has 1 aromatic carbocycles. The minimum atomic E-state index is 0.562. The lowest BCUT2D eigenvalue weighted by Gasteiger charge is -2.09. The van der Waals surface area contributed by atoms with Crippen LogP contribution in [0, 0.1) is 0 Å². The van der Waals surface area contributed by atoms with E-state index in [1.54, 1.807) is 7.11 Å².